The summed E-state index contributed by atoms with van der Waals surface area (Å²) < 4.78 is 41.4. The molecule has 1 aromatic carbocycles. The van der Waals surface area contributed by atoms with E-state index < -0.39 is 11.9 Å². The molecule has 30 heavy (non-hydrogen) atoms. The van der Waals surface area contributed by atoms with E-state index in [1.54, 1.807) is 6.33 Å². The number of aromatic amines is 1. The van der Waals surface area contributed by atoms with Gasteiger partial charge in [0.05, 0.1) is 11.7 Å². The fourth-order valence-corrected chi connectivity index (χ4v) is 4.15. The van der Waals surface area contributed by atoms with Crippen molar-refractivity contribution in [3.8, 4) is 11.3 Å². The van der Waals surface area contributed by atoms with Crippen molar-refractivity contribution in [3.63, 3.8) is 0 Å². The first-order valence-electron chi connectivity index (χ1n) is 9.77. The molecule has 3 heterocycles. The minimum atomic E-state index is -4.51. The van der Waals surface area contributed by atoms with E-state index in [1.807, 2.05) is 35.9 Å². The van der Waals surface area contributed by atoms with E-state index in [0.717, 1.165) is 35.9 Å². The van der Waals surface area contributed by atoms with Crippen molar-refractivity contribution >= 4 is 10.9 Å². The van der Waals surface area contributed by atoms with Crippen LogP contribution >= 0.6 is 0 Å². The molecule has 0 spiro atoms. The highest BCUT2D eigenvalue weighted by Gasteiger charge is 2.34. The summed E-state index contributed by atoms with van der Waals surface area (Å²) in [4.78, 5) is 3.50. The van der Waals surface area contributed by atoms with Gasteiger partial charge in [0.1, 0.15) is 23.5 Å². The third-order valence-corrected chi connectivity index (χ3v) is 5.90. The van der Waals surface area contributed by atoms with Crippen LogP contribution in [0.25, 0.3) is 22.2 Å². The number of H-pyrrole nitrogens is 1. The number of aryl methyl sites for hydroxylation is 1. The average Bonchev–Trinajstić information content (AvgIpc) is 3.29. The van der Waals surface area contributed by atoms with Crippen LogP contribution < -0.4 is 0 Å². The fourth-order valence-electron chi connectivity index (χ4n) is 4.15. The van der Waals surface area contributed by atoms with E-state index >= 15 is 0 Å². The second-order valence-corrected chi connectivity index (χ2v) is 7.78. The Labute approximate surface area is 170 Å². The molecule has 1 fully saturated rings. The minimum Gasteiger partial charge on any atom is -0.320 e. The third-order valence-electron chi connectivity index (χ3n) is 5.90. The lowest BCUT2D eigenvalue weighted by atomic mass is 9.72. The van der Waals surface area contributed by atoms with Crippen LogP contribution in [-0.4, -0.2) is 29.9 Å². The van der Waals surface area contributed by atoms with Crippen LogP contribution in [0.5, 0.6) is 0 Å². The van der Waals surface area contributed by atoms with Gasteiger partial charge in [-0.2, -0.15) is 18.3 Å². The van der Waals surface area contributed by atoms with Gasteiger partial charge in [-0.15, -0.1) is 10.2 Å². The highest BCUT2D eigenvalue weighted by molar-refractivity contribution is 5.92. The Hall–Kier alpha value is -3.23. The number of pyridine rings is 1. The molecule has 1 aliphatic rings. The molecular formula is C21H19F3N6. The Balaban J connectivity index is 1.60. The summed E-state index contributed by atoms with van der Waals surface area (Å²) >= 11 is 0. The summed E-state index contributed by atoms with van der Waals surface area (Å²) in [5.74, 6) is 1.45. The zero-order valence-corrected chi connectivity index (χ0v) is 16.2. The van der Waals surface area contributed by atoms with E-state index in [9.17, 15) is 13.2 Å². The molecule has 0 unspecified atom stereocenters. The molecule has 0 aliphatic heterocycles. The second-order valence-electron chi connectivity index (χ2n) is 7.78. The molecule has 3 aromatic heterocycles. The molecular weight excluding hydrogens is 393 g/mol. The third kappa shape index (κ3) is 3.14. The summed E-state index contributed by atoms with van der Waals surface area (Å²) in [5.41, 5.74) is 1.83. The molecule has 4 aromatic rings. The van der Waals surface area contributed by atoms with Gasteiger partial charge in [-0.05, 0) is 36.5 Å². The monoisotopic (exact) mass is 412 g/mol. The quantitative estimate of drug-likeness (QED) is 0.527. The van der Waals surface area contributed by atoms with Crippen molar-refractivity contribution in [1.29, 1.82) is 0 Å². The summed E-state index contributed by atoms with van der Waals surface area (Å²) in [5, 5.41) is 15.8. The summed E-state index contributed by atoms with van der Waals surface area (Å²) in [6.45, 7) is 0. The average molecular weight is 412 g/mol. The first-order valence-corrected chi connectivity index (χ1v) is 9.77. The zero-order chi connectivity index (χ0) is 20.9. The number of nitrogens with zero attached hydrogens (tertiary/aromatic N) is 5. The standard InChI is InChI=1S/C21H19F3N6/c1-30-11-26-29-20(30)18(12-4-2-5-12)13-6-3-7-14(8-13)19-15-9-17(21(22,23)24)25-10-16(15)27-28-19/h3,6-12,18H,2,4-5H2,1H3,(H,27,28)/t18-/m1/s1. The number of hydrogen-bond acceptors (Lipinski definition) is 4. The van der Waals surface area contributed by atoms with Gasteiger partial charge in [0.15, 0.2) is 0 Å². The maximum atomic E-state index is 13.1. The van der Waals surface area contributed by atoms with Crippen molar-refractivity contribution in [3.05, 3.63) is 59.9 Å². The smallest absolute Gasteiger partial charge is 0.320 e. The lowest BCUT2D eigenvalue weighted by Gasteiger charge is -2.33. The minimum absolute atomic E-state index is 0.0869. The van der Waals surface area contributed by atoms with Crippen LogP contribution in [0.2, 0.25) is 0 Å². The van der Waals surface area contributed by atoms with Gasteiger partial charge in [0.2, 0.25) is 0 Å². The highest BCUT2D eigenvalue weighted by atomic mass is 19.4. The number of alkyl halides is 3. The fraction of sp³-hybridized carbons (Fsp3) is 0.333. The predicted molar refractivity (Wildman–Crippen MR) is 105 cm³/mol. The maximum Gasteiger partial charge on any atom is 0.433 e. The maximum absolute atomic E-state index is 13.1. The number of halogens is 3. The molecule has 5 rings (SSSR count). The van der Waals surface area contributed by atoms with E-state index in [2.05, 4.69) is 25.4 Å². The first-order chi connectivity index (χ1) is 14.4. The van der Waals surface area contributed by atoms with Crippen LogP contribution in [0.15, 0.2) is 42.9 Å². The Morgan fingerprint density at radius 3 is 2.70 bits per heavy atom. The van der Waals surface area contributed by atoms with Gasteiger partial charge in [0, 0.05) is 23.9 Å². The van der Waals surface area contributed by atoms with Crippen LogP contribution in [0.4, 0.5) is 13.2 Å². The van der Waals surface area contributed by atoms with Crippen LogP contribution in [0, 0.1) is 5.92 Å². The summed E-state index contributed by atoms with van der Waals surface area (Å²) in [7, 11) is 1.93. The summed E-state index contributed by atoms with van der Waals surface area (Å²) in [6, 6.07) is 8.87. The summed E-state index contributed by atoms with van der Waals surface area (Å²) in [6.07, 6.45) is 1.79. The second kappa shape index (κ2) is 6.93. The van der Waals surface area contributed by atoms with Crippen molar-refractivity contribution in [2.75, 3.05) is 0 Å². The number of aromatic nitrogens is 6. The van der Waals surface area contributed by atoms with E-state index in [-0.39, 0.29) is 5.92 Å². The molecule has 0 amide bonds. The van der Waals surface area contributed by atoms with Crippen LogP contribution in [0.3, 0.4) is 0 Å². The number of benzene rings is 1. The van der Waals surface area contributed by atoms with Crippen molar-refractivity contribution in [1.82, 2.24) is 29.9 Å². The number of rotatable bonds is 4. The lowest BCUT2D eigenvalue weighted by Crippen LogP contribution is -2.24. The van der Waals surface area contributed by atoms with E-state index in [0.29, 0.717) is 22.5 Å². The van der Waals surface area contributed by atoms with Gasteiger partial charge in [-0.25, -0.2) is 4.98 Å². The number of fused-ring (bicyclic) bond motifs is 1. The lowest BCUT2D eigenvalue weighted by molar-refractivity contribution is -0.141. The van der Waals surface area contributed by atoms with Gasteiger partial charge < -0.3 is 4.57 Å². The molecule has 1 aliphatic carbocycles. The van der Waals surface area contributed by atoms with Gasteiger partial charge >= 0.3 is 6.18 Å². The van der Waals surface area contributed by atoms with Crippen molar-refractivity contribution < 1.29 is 13.2 Å². The Kier molecular flexibility index (Phi) is 4.34. The first kappa shape index (κ1) is 18.8. The molecule has 1 atom stereocenters. The van der Waals surface area contributed by atoms with Crippen LogP contribution in [0.1, 0.15) is 42.3 Å². The van der Waals surface area contributed by atoms with Crippen molar-refractivity contribution in [2.45, 2.75) is 31.4 Å². The Morgan fingerprint density at radius 1 is 1.20 bits per heavy atom. The molecule has 9 heteroatoms. The Bertz CT molecular complexity index is 1200. The normalized spacial score (nSPS) is 16.0. The van der Waals surface area contributed by atoms with Gasteiger partial charge in [-0.1, -0.05) is 24.6 Å². The molecule has 6 nitrogen and oxygen atoms in total. The van der Waals surface area contributed by atoms with E-state index in [1.165, 1.54) is 12.6 Å². The van der Waals surface area contributed by atoms with Crippen molar-refractivity contribution in [2.24, 2.45) is 13.0 Å². The highest BCUT2D eigenvalue weighted by Crippen LogP contribution is 2.43. The number of nitrogens with one attached hydrogen (secondary N) is 1. The predicted octanol–water partition coefficient (Wildman–Crippen LogP) is 4.70. The molecule has 154 valence electrons. The largest absolute Gasteiger partial charge is 0.433 e. The number of hydrogen-bond donors (Lipinski definition) is 1. The molecule has 0 saturated heterocycles. The topological polar surface area (TPSA) is 72.3 Å². The van der Waals surface area contributed by atoms with Gasteiger partial charge in [-0.3, -0.25) is 5.10 Å². The van der Waals surface area contributed by atoms with Gasteiger partial charge in [0.25, 0.3) is 0 Å². The zero-order valence-electron chi connectivity index (χ0n) is 16.2. The van der Waals surface area contributed by atoms with E-state index in [4.69, 9.17) is 0 Å². The Morgan fingerprint density at radius 2 is 2.03 bits per heavy atom. The molecule has 0 radical (unpaired) electrons. The molecule has 1 N–H and O–H groups in total. The molecule has 0 bridgehead atoms. The van der Waals surface area contributed by atoms with Crippen LogP contribution in [-0.2, 0) is 13.2 Å². The SMILES string of the molecule is Cn1cnnc1[C@@H](c1cccc(-c2n[nH]c3cnc(C(F)(F)F)cc23)c1)C1CCC1. The molecule has 1 saturated carbocycles.